The van der Waals surface area contributed by atoms with Gasteiger partial charge in [0.2, 0.25) is 0 Å². The summed E-state index contributed by atoms with van der Waals surface area (Å²) < 4.78 is 0. The Kier molecular flexibility index (Phi) is 6.20. The number of hydrogen-bond acceptors (Lipinski definition) is 2. The largest absolute Gasteiger partial charge is 0.481 e. The Morgan fingerprint density at radius 1 is 1.23 bits per heavy atom. The molecule has 0 heterocycles. The molecule has 0 saturated carbocycles. The van der Waals surface area contributed by atoms with Crippen molar-refractivity contribution in [2.75, 3.05) is 0 Å². The molecule has 0 bridgehead atoms. The van der Waals surface area contributed by atoms with E-state index in [2.05, 4.69) is 6.92 Å². The summed E-state index contributed by atoms with van der Waals surface area (Å²) in [7, 11) is 0. The van der Waals surface area contributed by atoms with Gasteiger partial charge in [-0.2, -0.15) is 0 Å². The van der Waals surface area contributed by atoms with Gasteiger partial charge in [0.1, 0.15) is 11.7 Å². The molecular weight excluding hydrogens is 168 g/mol. The SMILES string of the molecule is CCCCCC(=O)C(CC)C(=O)O. The molecule has 0 fully saturated rings. The van der Waals surface area contributed by atoms with Crippen LogP contribution in [0.25, 0.3) is 0 Å². The fourth-order valence-electron chi connectivity index (χ4n) is 1.26. The Morgan fingerprint density at radius 2 is 1.85 bits per heavy atom. The second-order valence-corrected chi connectivity index (χ2v) is 3.22. The van der Waals surface area contributed by atoms with Crippen LogP contribution in [0.15, 0.2) is 0 Å². The number of ketones is 1. The van der Waals surface area contributed by atoms with Gasteiger partial charge in [0.15, 0.2) is 0 Å². The van der Waals surface area contributed by atoms with Gasteiger partial charge in [0, 0.05) is 6.42 Å². The average molecular weight is 186 g/mol. The molecule has 1 unspecified atom stereocenters. The van der Waals surface area contributed by atoms with E-state index in [0.717, 1.165) is 19.3 Å². The Hall–Kier alpha value is -0.860. The number of hydrogen-bond donors (Lipinski definition) is 1. The predicted molar refractivity (Wildman–Crippen MR) is 50.6 cm³/mol. The van der Waals surface area contributed by atoms with E-state index in [4.69, 9.17) is 5.11 Å². The Balaban J connectivity index is 3.85. The van der Waals surface area contributed by atoms with E-state index in [9.17, 15) is 9.59 Å². The lowest BCUT2D eigenvalue weighted by Gasteiger charge is -2.07. The van der Waals surface area contributed by atoms with E-state index < -0.39 is 11.9 Å². The van der Waals surface area contributed by atoms with Gasteiger partial charge in [-0.15, -0.1) is 0 Å². The molecule has 3 heteroatoms. The number of Topliss-reactive ketones (excluding diaryl/α,β-unsaturated/α-hetero) is 1. The van der Waals surface area contributed by atoms with Gasteiger partial charge in [-0.3, -0.25) is 9.59 Å². The van der Waals surface area contributed by atoms with Gasteiger partial charge < -0.3 is 5.11 Å². The molecule has 0 aromatic heterocycles. The third kappa shape index (κ3) is 4.65. The lowest BCUT2D eigenvalue weighted by atomic mass is 9.97. The summed E-state index contributed by atoms with van der Waals surface area (Å²) in [5, 5.41) is 8.68. The maximum atomic E-state index is 11.3. The molecule has 0 aromatic rings. The zero-order valence-corrected chi connectivity index (χ0v) is 8.38. The molecule has 0 spiro atoms. The van der Waals surface area contributed by atoms with Crippen LogP contribution in [-0.2, 0) is 9.59 Å². The van der Waals surface area contributed by atoms with Crippen molar-refractivity contribution in [3.63, 3.8) is 0 Å². The number of unbranched alkanes of at least 4 members (excludes halogenated alkanes) is 2. The van der Waals surface area contributed by atoms with Gasteiger partial charge in [-0.1, -0.05) is 26.7 Å². The first-order chi connectivity index (χ1) is 6.13. The highest BCUT2D eigenvalue weighted by molar-refractivity contribution is 5.98. The lowest BCUT2D eigenvalue weighted by molar-refractivity contribution is -0.146. The van der Waals surface area contributed by atoms with Crippen LogP contribution in [0.1, 0.15) is 46.0 Å². The van der Waals surface area contributed by atoms with Crippen molar-refractivity contribution >= 4 is 11.8 Å². The topological polar surface area (TPSA) is 54.4 Å². The first-order valence-electron chi connectivity index (χ1n) is 4.89. The molecule has 0 radical (unpaired) electrons. The van der Waals surface area contributed by atoms with Crippen molar-refractivity contribution in [1.29, 1.82) is 0 Å². The van der Waals surface area contributed by atoms with Crippen LogP contribution >= 0.6 is 0 Å². The Bertz CT molecular complexity index is 175. The second-order valence-electron chi connectivity index (χ2n) is 3.22. The standard InChI is InChI=1S/C10H18O3/c1-3-5-6-7-9(11)8(4-2)10(12)13/h8H,3-7H2,1-2H3,(H,12,13). The molecule has 0 aliphatic rings. The van der Waals surface area contributed by atoms with Gasteiger partial charge in [0.05, 0.1) is 0 Å². The monoisotopic (exact) mass is 186 g/mol. The molecule has 76 valence electrons. The summed E-state index contributed by atoms with van der Waals surface area (Å²) in [4.78, 5) is 21.9. The van der Waals surface area contributed by atoms with Crippen LogP contribution in [-0.4, -0.2) is 16.9 Å². The van der Waals surface area contributed by atoms with Crippen LogP contribution < -0.4 is 0 Å². The fourth-order valence-corrected chi connectivity index (χ4v) is 1.26. The molecule has 0 aliphatic heterocycles. The highest BCUT2D eigenvalue weighted by Crippen LogP contribution is 2.10. The van der Waals surface area contributed by atoms with Gasteiger partial charge in [-0.25, -0.2) is 0 Å². The van der Waals surface area contributed by atoms with E-state index in [1.54, 1.807) is 6.92 Å². The van der Waals surface area contributed by atoms with Gasteiger partial charge >= 0.3 is 5.97 Å². The van der Waals surface area contributed by atoms with Crippen molar-refractivity contribution in [2.45, 2.75) is 46.0 Å². The minimum Gasteiger partial charge on any atom is -0.481 e. The van der Waals surface area contributed by atoms with Gasteiger partial charge in [0.25, 0.3) is 0 Å². The molecule has 0 saturated heterocycles. The van der Waals surface area contributed by atoms with E-state index >= 15 is 0 Å². The van der Waals surface area contributed by atoms with Crippen molar-refractivity contribution in [3.05, 3.63) is 0 Å². The lowest BCUT2D eigenvalue weighted by Crippen LogP contribution is -2.22. The summed E-state index contributed by atoms with van der Waals surface area (Å²) in [6, 6.07) is 0. The summed E-state index contributed by atoms with van der Waals surface area (Å²) >= 11 is 0. The van der Waals surface area contributed by atoms with E-state index in [1.165, 1.54) is 0 Å². The third-order valence-corrected chi connectivity index (χ3v) is 2.12. The van der Waals surface area contributed by atoms with Crippen molar-refractivity contribution in [2.24, 2.45) is 5.92 Å². The minimum atomic E-state index is -0.982. The van der Waals surface area contributed by atoms with Crippen LogP contribution in [0, 0.1) is 5.92 Å². The second kappa shape index (κ2) is 6.63. The number of aliphatic carboxylic acids is 1. The summed E-state index contributed by atoms with van der Waals surface area (Å²) in [5.41, 5.74) is 0. The number of carbonyl (C=O) groups excluding carboxylic acids is 1. The number of carboxylic acid groups (broad SMARTS) is 1. The van der Waals surface area contributed by atoms with E-state index in [1.807, 2.05) is 0 Å². The Morgan fingerprint density at radius 3 is 2.23 bits per heavy atom. The van der Waals surface area contributed by atoms with Crippen LogP contribution in [0.4, 0.5) is 0 Å². The zero-order valence-electron chi connectivity index (χ0n) is 8.38. The third-order valence-electron chi connectivity index (χ3n) is 2.12. The smallest absolute Gasteiger partial charge is 0.314 e. The van der Waals surface area contributed by atoms with E-state index in [-0.39, 0.29) is 5.78 Å². The Labute approximate surface area is 79.1 Å². The number of carbonyl (C=O) groups is 2. The quantitative estimate of drug-likeness (QED) is 0.490. The van der Waals surface area contributed by atoms with Crippen molar-refractivity contribution in [1.82, 2.24) is 0 Å². The molecule has 13 heavy (non-hydrogen) atoms. The maximum absolute atomic E-state index is 11.3. The molecule has 1 N–H and O–H groups in total. The molecule has 1 atom stereocenters. The zero-order chi connectivity index (χ0) is 10.3. The normalized spacial score (nSPS) is 12.5. The predicted octanol–water partition coefficient (Wildman–Crippen LogP) is 2.25. The molecule has 0 aromatic carbocycles. The minimum absolute atomic E-state index is 0.122. The highest BCUT2D eigenvalue weighted by atomic mass is 16.4. The van der Waals surface area contributed by atoms with Crippen LogP contribution in [0.5, 0.6) is 0 Å². The first-order valence-corrected chi connectivity index (χ1v) is 4.89. The highest BCUT2D eigenvalue weighted by Gasteiger charge is 2.22. The maximum Gasteiger partial charge on any atom is 0.314 e. The number of rotatable bonds is 7. The van der Waals surface area contributed by atoms with Crippen LogP contribution in [0.3, 0.4) is 0 Å². The molecule has 0 rings (SSSR count). The van der Waals surface area contributed by atoms with Crippen molar-refractivity contribution in [3.8, 4) is 0 Å². The van der Waals surface area contributed by atoms with Crippen LogP contribution in [0.2, 0.25) is 0 Å². The first kappa shape index (κ1) is 12.1. The van der Waals surface area contributed by atoms with Crippen molar-refractivity contribution < 1.29 is 14.7 Å². The summed E-state index contributed by atoms with van der Waals surface area (Å²) in [6.45, 7) is 3.79. The van der Waals surface area contributed by atoms with E-state index in [0.29, 0.717) is 12.8 Å². The summed E-state index contributed by atoms with van der Waals surface area (Å²) in [5.74, 6) is -1.88. The summed E-state index contributed by atoms with van der Waals surface area (Å²) in [6.07, 6.45) is 3.69. The molecule has 3 nitrogen and oxygen atoms in total. The van der Waals surface area contributed by atoms with Gasteiger partial charge in [-0.05, 0) is 12.8 Å². The molecule has 0 aliphatic carbocycles. The number of carboxylic acids is 1. The molecule has 0 amide bonds. The average Bonchev–Trinajstić information content (AvgIpc) is 2.05. The fraction of sp³-hybridized carbons (Fsp3) is 0.800. The molecular formula is C10H18O3.